The number of phenols is 3. The molecule has 6 nitrogen and oxygen atoms in total. The lowest BCUT2D eigenvalue weighted by Crippen LogP contribution is -2.19. The van der Waals surface area contributed by atoms with E-state index in [0.717, 1.165) is 11.8 Å². The van der Waals surface area contributed by atoms with Crippen molar-refractivity contribution in [1.29, 1.82) is 0 Å². The van der Waals surface area contributed by atoms with Crippen molar-refractivity contribution in [2.45, 2.75) is 0 Å². The summed E-state index contributed by atoms with van der Waals surface area (Å²) in [7, 11) is 0. The number of hydrogen-bond donors (Lipinski definition) is 4. The summed E-state index contributed by atoms with van der Waals surface area (Å²) in [6.45, 7) is 0. The lowest BCUT2D eigenvalue weighted by Gasteiger charge is -1.99. The zero-order valence-electron chi connectivity index (χ0n) is 11.7. The number of carbonyl (C=O) groups excluding carboxylic acids is 1. The molecular weight excluding hydrogens is 316 g/mol. The number of thioether (sulfide) groups is 1. The van der Waals surface area contributed by atoms with E-state index in [1.165, 1.54) is 24.3 Å². The summed E-state index contributed by atoms with van der Waals surface area (Å²) in [5.74, 6) is -0.684. The predicted octanol–water partition coefficient (Wildman–Crippen LogP) is 2.70. The molecule has 2 aromatic carbocycles. The van der Waals surface area contributed by atoms with E-state index in [1.807, 2.05) is 0 Å². The van der Waals surface area contributed by atoms with Crippen molar-refractivity contribution in [2.75, 3.05) is 0 Å². The second-order valence-electron chi connectivity index (χ2n) is 4.75. The van der Waals surface area contributed by atoms with Crippen LogP contribution in [0.3, 0.4) is 0 Å². The number of rotatable bonds is 2. The first-order valence-corrected chi connectivity index (χ1v) is 7.43. The van der Waals surface area contributed by atoms with E-state index in [2.05, 4.69) is 10.3 Å². The maximum atomic E-state index is 12.0. The molecule has 1 aliphatic rings. The predicted molar refractivity (Wildman–Crippen MR) is 88.7 cm³/mol. The van der Waals surface area contributed by atoms with Gasteiger partial charge in [0.1, 0.15) is 5.75 Å². The van der Waals surface area contributed by atoms with Gasteiger partial charge in [-0.15, -0.1) is 0 Å². The van der Waals surface area contributed by atoms with Crippen LogP contribution in [0.2, 0.25) is 0 Å². The van der Waals surface area contributed by atoms with Gasteiger partial charge in [-0.2, -0.15) is 0 Å². The normalized spacial score (nSPS) is 17.7. The summed E-state index contributed by atoms with van der Waals surface area (Å²) in [6, 6.07) is 10.7. The number of aromatic hydroxyl groups is 3. The number of nitrogens with zero attached hydrogens (tertiary/aromatic N) is 1. The molecule has 0 unspecified atom stereocenters. The standard InChI is InChI=1S/C16H12N2O4S/c19-11-3-1-2-10(8-11)17-16-18-15(22)14(23-16)7-9-4-5-12(20)13(21)6-9/h1-8,19-21H,(H,17,18,22)/b14-7-. The molecule has 23 heavy (non-hydrogen) atoms. The van der Waals surface area contributed by atoms with E-state index in [0.29, 0.717) is 21.3 Å². The summed E-state index contributed by atoms with van der Waals surface area (Å²) >= 11 is 1.15. The van der Waals surface area contributed by atoms with Crippen LogP contribution in [0.5, 0.6) is 17.2 Å². The first-order chi connectivity index (χ1) is 11.0. The Labute approximate surface area is 135 Å². The number of phenolic OH excluding ortho intramolecular Hbond substituents is 3. The molecule has 116 valence electrons. The number of aliphatic imine (C=N–C) groups is 1. The average molecular weight is 328 g/mol. The quantitative estimate of drug-likeness (QED) is 0.501. The Hall–Kier alpha value is -2.93. The van der Waals surface area contributed by atoms with Crippen LogP contribution in [0.25, 0.3) is 6.08 Å². The lowest BCUT2D eigenvalue weighted by molar-refractivity contribution is -0.115. The summed E-state index contributed by atoms with van der Waals surface area (Å²) in [4.78, 5) is 16.6. The van der Waals surface area contributed by atoms with Crippen LogP contribution in [0.4, 0.5) is 5.69 Å². The Bertz CT molecular complexity index is 846. The van der Waals surface area contributed by atoms with Crippen molar-refractivity contribution in [3.63, 3.8) is 0 Å². The van der Waals surface area contributed by atoms with E-state index in [9.17, 15) is 20.1 Å². The molecule has 3 rings (SSSR count). The van der Waals surface area contributed by atoms with E-state index < -0.39 is 0 Å². The molecule has 1 aliphatic heterocycles. The molecule has 2 aromatic rings. The van der Waals surface area contributed by atoms with Crippen LogP contribution in [0, 0.1) is 0 Å². The number of carbonyl (C=O) groups is 1. The molecule has 0 saturated carbocycles. The summed E-state index contributed by atoms with van der Waals surface area (Å²) in [6.07, 6.45) is 1.59. The minimum atomic E-state index is -0.304. The van der Waals surface area contributed by atoms with E-state index in [4.69, 9.17) is 0 Å². The van der Waals surface area contributed by atoms with Gasteiger partial charge < -0.3 is 20.6 Å². The molecule has 7 heteroatoms. The third-order valence-electron chi connectivity index (χ3n) is 3.01. The number of amides is 1. The summed E-state index contributed by atoms with van der Waals surface area (Å²) in [5.41, 5.74) is 1.10. The fourth-order valence-electron chi connectivity index (χ4n) is 1.94. The Morgan fingerprint density at radius 1 is 1.04 bits per heavy atom. The molecule has 1 heterocycles. The first kappa shape index (κ1) is 15.0. The topological polar surface area (TPSA) is 102 Å². The van der Waals surface area contributed by atoms with Gasteiger partial charge in [-0.3, -0.25) is 4.79 Å². The van der Waals surface area contributed by atoms with Gasteiger partial charge in [0.15, 0.2) is 16.7 Å². The minimum absolute atomic E-state index is 0.0940. The maximum Gasteiger partial charge on any atom is 0.264 e. The van der Waals surface area contributed by atoms with Gasteiger partial charge in [-0.1, -0.05) is 12.1 Å². The average Bonchev–Trinajstić information content (AvgIpc) is 2.83. The van der Waals surface area contributed by atoms with E-state index in [-0.39, 0.29) is 23.2 Å². The number of hydrogen-bond acceptors (Lipinski definition) is 6. The highest BCUT2D eigenvalue weighted by Crippen LogP contribution is 2.31. The van der Waals surface area contributed by atoms with Gasteiger partial charge in [0, 0.05) is 6.07 Å². The Balaban J connectivity index is 1.84. The molecule has 0 aromatic heterocycles. The molecular formula is C16H12N2O4S. The van der Waals surface area contributed by atoms with Crippen molar-refractivity contribution >= 4 is 34.6 Å². The van der Waals surface area contributed by atoms with Crippen LogP contribution in [0.15, 0.2) is 52.4 Å². The van der Waals surface area contributed by atoms with Crippen molar-refractivity contribution in [3.05, 3.63) is 52.9 Å². The van der Waals surface area contributed by atoms with Gasteiger partial charge in [0.05, 0.1) is 10.6 Å². The third-order valence-corrected chi connectivity index (χ3v) is 3.92. The molecule has 0 spiro atoms. The Morgan fingerprint density at radius 3 is 2.61 bits per heavy atom. The number of benzene rings is 2. The first-order valence-electron chi connectivity index (χ1n) is 6.62. The summed E-state index contributed by atoms with van der Waals surface area (Å²) in [5, 5.41) is 31.2. The van der Waals surface area contributed by atoms with Gasteiger partial charge >= 0.3 is 0 Å². The maximum absolute atomic E-state index is 12.0. The molecule has 1 saturated heterocycles. The SMILES string of the molecule is O=C1NC(=Nc2cccc(O)c2)S/C1=C\c1ccc(O)c(O)c1. The van der Waals surface area contributed by atoms with Crippen LogP contribution >= 0.6 is 11.8 Å². The molecule has 0 radical (unpaired) electrons. The second kappa shape index (κ2) is 6.05. The third kappa shape index (κ3) is 3.46. The van der Waals surface area contributed by atoms with Crippen LogP contribution < -0.4 is 5.32 Å². The molecule has 0 atom stereocenters. The van der Waals surface area contributed by atoms with E-state index in [1.54, 1.807) is 24.3 Å². The Kier molecular flexibility index (Phi) is 3.94. The lowest BCUT2D eigenvalue weighted by atomic mass is 10.2. The molecule has 1 fully saturated rings. The van der Waals surface area contributed by atoms with Gasteiger partial charge in [0.25, 0.3) is 5.91 Å². The summed E-state index contributed by atoms with van der Waals surface area (Å²) < 4.78 is 0. The highest BCUT2D eigenvalue weighted by Gasteiger charge is 2.23. The largest absolute Gasteiger partial charge is 0.508 e. The van der Waals surface area contributed by atoms with Crippen molar-refractivity contribution < 1.29 is 20.1 Å². The highest BCUT2D eigenvalue weighted by molar-refractivity contribution is 8.18. The van der Waals surface area contributed by atoms with Crippen LogP contribution in [0.1, 0.15) is 5.56 Å². The van der Waals surface area contributed by atoms with Crippen molar-refractivity contribution in [1.82, 2.24) is 5.32 Å². The minimum Gasteiger partial charge on any atom is -0.508 e. The van der Waals surface area contributed by atoms with E-state index >= 15 is 0 Å². The zero-order chi connectivity index (χ0) is 16.4. The number of amidine groups is 1. The smallest absolute Gasteiger partial charge is 0.264 e. The molecule has 1 amide bonds. The fourth-order valence-corrected chi connectivity index (χ4v) is 2.78. The van der Waals surface area contributed by atoms with Gasteiger partial charge in [-0.05, 0) is 47.7 Å². The van der Waals surface area contributed by atoms with Crippen molar-refractivity contribution in [3.8, 4) is 17.2 Å². The molecule has 4 N–H and O–H groups in total. The van der Waals surface area contributed by atoms with Crippen LogP contribution in [-0.2, 0) is 4.79 Å². The second-order valence-corrected chi connectivity index (χ2v) is 5.78. The fraction of sp³-hybridized carbons (Fsp3) is 0. The molecule has 0 bridgehead atoms. The van der Waals surface area contributed by atoms with Crippen molar-refractivity contribution in [2.24, 2.45) is 4.99 Å². The van der Waals surface area contributed by atoms with Gasteiger partial charge in [-0.25, -0.2) is 4.99 Å². The van der Waals surface area contributed by atoms with Gasteiger partial charge in [0.2, 0.25) is 0 Å². The zero-order valence-corrected chi connectivity index (χ0v) is 12.5. The monoisotopic (exact) mass is 328 g/mol. The van der Waals surface area contributed by atoms with Crippen LogP contribution in [-0.4, -0.2) is 26.4 Å². The highest BCUT2D eigenvalue weighted by atomic mass is 32.2. The Morgan fingerprint density at radius 2 is 1.87 bits per heavy atom. The molecule has 0 aliphatic carbocycles. The number of nitrogens with one attached hydrogen (secondary N) is 1.